The van der Waals surface area contributed by atoms with Crippen molar-refractivity contribution in [2.24, 2.45) is 0 Å². The molecule has 2 aromatic carbocycles. The van der Waals surface area contributed by atoms with Crippen LogP contribution in [-0.4, -0.2) is 40.6 Å². The summed E-state index contributed by atoms with van der Waals surface area (Å²) in [5.41, 5.74) is 2.54. The van der Waals surface area contributed by atoms with Crippen molar-refractivity contribution in [3.8, 4) is 0 Å². The largest absolute Gasteiger partial charge is 0.460 e. The number of carbonyl (C=O) groups excluding carboxylic acids is 2. The Morgan fingerprint density at radius 3 is 2.38 bits per heavy atom. The Bertz CT molecular complexity index is 1040. The number of benzene rings is 2. The zero-order valence-corrected chi connectivity index (χ0v) is 20.5. The third-order valence-electron chi connectivity index (χ3n) is 5.73. The van der Waals surface area contributed by atoms with Crippen LogP contribution in [0.2, 0.25) is 0 Å². The number of aliphatic hydroxyl groups is 1. The molecule has 3 rings (SSSR count). The predicted octanol–water partition coefficient (Wildman–Crippen LogP) is 5.16. The van der Waals surface area contributed by atoms with Crippen LogP contribution in [0.4, 0.5) is 10.1 Å². The number of aliphatic hydroxyl groups excluding tert-OH is 1. The SMILES string of the molecule is CC(C)N1c2ccccc2[C@H](c2ccc(F)cc2)[C@@H]1/C=C\[C@@H](O)CC(=O)CC(=O)OC(C)(C)C. The molecular weight excluding hydrogens is 433 g/mol. The fourth-order valence-corrected chi connectivity index (χ4v) is 4.52. The second-order valence-electron chi connectivity index (χ2n) is 10.0. The molecule has 0 amide bonds. The lowest BCUT2D eigenvalue weighted by molar-refractivity contribution is -0.156. The van der Waals surface area contributed by atoms with Crippen molar-refractivity contribution >= 4 is 17.4 Å². The lowest BCUT2D eigenvalue weighted by Gasteiger charge is -2.32. The molecule has 0 spiro atoms. The van der Waals surface area contributed by atoms with Crippen LogP contribution in [-0.2, 0) is 14.3 Å². The van der Waals surface area contributed by atoms with Gasteiger partial charge in [-0.05, 0) is 63.9 Å². The topological polar surface area (TPSA) is 66.8 Å². The van der Waals surface area contributed by atoms with Crippen molar-refractivity contribution < 1.29 is 23.8 Å². The minimum absolute atomic E-state index is 0.0554. The van der Waals surface area contributed by atoms with Gasteiger partial charge in [-0.2, -0.15) is 0 Å². The first kappa shape index (κ1) is 25.6. The molecule has 0 bridgehead atoms. The Morgan fingerprint density at radius 1 is 1.12 bits per heavy atom. The van der Waals surface area contributed by atoms with Gasteiger partial charge in [-0.1, -0.05) is 42.5 Å². The maximum Gasteiger partial charge on any atom is 0.313 e. The maximum atomic E-state index is 13.6. The second kappa shape index (κ2) is 10.5. The molecule has 0 radical (unpaired) electrons. The van der Waals surface area contributed by atoms with Crippen molar-refractivity contribution in [1.29, 1.82) is 0 Å². The lowest BCUT2D eigenvalue weighted by Crippen LogP contribution is -2.38. The Kier molecular flexibility index (Phi) is 7.93. The molecule has 6 heteroatoms. The van der Waals surface area contributed by atoms with Crippen LogP contribution in [0.1, 0.15) is 64.5 Å². The average Bonchev–Trinajstić information content (AvgIpc) is 3.05. The van der Waals surface area contributed by atoms with Gasteiger partial charge in [-0.3, -0.25) is 9.59 Å². The fourth-order valence-electron chi connectivity index (χ4n) is 4.52. The molecule has 1 aliphatic heterocycles. The van der Waals surface area contributed by atoms with Crippen LogP contribution in [0.15, 0.2) is 60.7 Å². The van der Waals surface area contributed by atoms with E-state index in [9.17, 15) is 19.1 Å². The summed E-state index contributed by atoms with van der Waals surface area (Å²) in [7, 11) is 0. The van der Waals surface area contributed by atoms with Crippen molar-refractivity contribution in [1.82, 2.24) is 0 Å². The first-order valence-electron chi connectivity index (χ1n) is 11.7. The molecule has 1 heterocycles. The van der Waals surface area contributed by atoms with Gasteiger partial charge in [0.1, 0.15) is 23.6 Å². The van der Waals surface area contributed by atoms with Gasteiger partial charge in [-0.15, -0.1) is 0 Å². The van der Waals surface area contributed by atoms with Crippen LogP contribution in [0, 0.1) is 5.82 Å². The summed E-state index contributed by atoms with van der Waals surface area (Å²) in [5.74, 6) is -1.32. The van der Waals surface area contributed by atoms with E-state index in [-0.39, 0.29) is 42.4 Å². The van der Waals surface area contributed by atoms with E-state index in [0.717, 1.165) is 16.8 Å². The number of carbonyl (C=O) groups is 2. The van der Waals surface area contributed by atoms with Gasteiger partial charge < -0.3 is 14.7 Å². The van der Waals surface area contributed by atoms with Gasteiger partial charge in [0.15, 0.2) is 0 Å². The van der Waals surface area contributed by atoms with E-state index in [4.69, 9.17) is 4.74 Å². The zero-order valence-electron chi connectivity index (χ0n) is 20.5. The number of ether oxygens (including phenoxy) is 1. The van der Waals surface area contributed by atoms with Crippen LogP contribution < -0.4 is 4.90 Å². The highest BCUT2D eigenvalue weighted by molar-refractivity contribution is 5.95. The van der Waals surface area contributed by atoms with E-state index in [0.29, 0.717) is 0 Å². The quantitative estimate of drug-likeness (QED) is 0.330. The minimum Gasteiger partial charge on any atom is -0.460 e. The van der Waals surface area contributed by atoms with E-state index >= 15 is 0 Å². The molecular formula is C28H34FNO4. The lowest BCUT2D eigenvalue weighted by atomic mass is 9.87. The molecule has 0 saturated carbocycles. The van der Waals surface area contributed by atoms with E-state index in [1.54, 1.807) is 39.0 Å². The fraction of sp³-hybridized carbons (Fsp3) is 0.429. The molecule has 0 aromatic heterocycles. The molecule has 0 fully saturated rings. The van der Waals surface area contributed by atoms with E-state index in [1.165, 1.54) is 12.1 Å². The minimum atomic E-state index is -1.03. The molecule has 0 aliphatic carbocycles. The molecule has 0 saturated heterocycles. The number of halogens is 1. The molecule has 182 valence electrons. The molecule has 2 aromatic rings. The number of rotatable bonds is 8. The Labute approximate surface area is 201 Å². The number of esters is 1. The Balaban J connectivity index is 1.80. The monoisotopic (exact) mass is 467 g/mol. The molecule has 34 heavy (non-hydrogen) atoms. The first-order chi connectivity index (χ1) is 16.0. The van der Waals surface area contributed by atoms with E-state index in [1.807, 2.05) is 18.2 Å². The summed E-state index contributed by atoms with van der Waals surface area (Å²) < 4.78 is 18.8. The van der Waals surface area contributed by atoms with Crippen molar-refractivity contribution in [3.05, 3.63) is 77.6 Å². The molecule has 1 aliphatic rings. The number of anilines is 1. The molecule has 0 unspecified atom stereocenters. The number of nitrogens with zero attached hydrogens (tertiary/aromatic N) is 1. The van der Waals surface area contributed by atoms with Gasteiger partial charge >= 0.3 is 5.97 Å². The third kappa shape index (κ3) is 6.32. The highest BCUT2D eigenvalue weighted by Gasteiger charge is 2.39. The summed E-state index contributed by atoms with van der Waals surface area (Å²) in [6, 6.07) is 14.7. The number of Topliss-reactive ketones (excluding diaryl/α,β-unsaturated/α-hetero) is 1. The van der Waals surface area contributed by atoms with Crippen molar-refractivity contribution in [2.45, 2.75) is 77.2 Å². The van der Waals surface area contributed by atoms with Gasteiger partial charge in [-0.25, -0.2) is 4.39 Å². The summed E-state index contributed by atoms with van der Waals surface area (Å²) in [6.07, 6.45) is 1.97. The average molecular weight is 468 g/mol. The van der Waals surface area contributed by atoms with Crippen molar-refractivity contribution in [2.75, 3.05) is 4.90 Å². The van der Waals surface area contributed by atoms with Crippen LogP contribution >= 0.6 is 0 Å². The van der Waals surface area contributed by atoms with Crippen LogP contribution in [0.25, 0.3) is 0 Å². The first-order valence-corrected chi connectivity index (χ1v) is 11.7. The number of para-hydroxylation sites is 1. The number of ketones is 1. The normalized spacial score (nSPS) is 18.9. The Morgan fingerprint density at radius 2 is 1.76 bits per heavy atom. The summed E-state index contributed by atoms with van der Waals surface area (Å²) in [4.78, 5) is 26.5. The standard InChI is InChI=1S/C28H34FNO4/c1-18(2)30-24-9-7-6-8-23(24)27(19-10-12-20(29)13-11-19)25(30)15-14-21(31)16-22(32)17-26(33)34-28(3,4)5/h6-15,18,21,25,27,31H,16-17H2,1-5H3/b15-14-/t21-,25+,27+/m1/s1. The van der Waals surface area contributed by atoms with E-state index in [2.05, 4.69) is 30.9 Å². The highest BCUT2D eigenvalue weighted by Crippen LogP contribution is 2.46. The van der Waals surface area contributed by atoms with Crippen LogP contribution in [0.5, 0.6) is 0 Å². The van der Waals surface area contributed by atoms with Gasteiger partial charge in [0.05, 0.1) is 12.1 Å². The van der Waals surface area contributed by atoms with Gasteiger partial charge in [0.25, 0.3) is 0 Å². The number of fused-ring (bicyclic) bond motifs is 1. The predicted molar refractivity (Wildman–Crippen MR) is 131 cm³/mol. The summed E-state index contributed by atoms with van der Waals surface area (Å²) in [5, 5.41) is 10.5. The maximum absolute atomic E-state index is 13.6. The smallest absolute Gasteiger partial charge is 0.313 e. The second-order valence-corrected chi connectivity index (χ2v) is 10.0. The molecule has 3 atom stereocenters. The molecule has 1 N–H and O–H groups in total. The summed E-state index contributed by atoms with van der Waals surface area (Å²) in [6.45, 7) is 9.43. The zero-order chi connectivity index (χ0) is 25.0. The van der Waals surface area contributed by atoms with Crippen LogP contribution in [0.3, 0.4) is 0 Å². The number of hydrogen-bond acceptors (Lipinski definition) is 5. The number of hydrogen-bond donors (Lipinski definition) is 1. The Hall–Kier alpha value is -2.99. The highest BCUT2D eigenvalue weighted by atomic mass is 19.1. The third-order valence-corrected chi connectivity index (χ3v) is 5.73. The molecule has 5 nitrogen and oxygen atoms in total. The summed E-state index contributed by atoms with van der Waals surface area (Å²) >= 11 is 0. The van der Waals surface area contributed by atoms with Crippen molar-refractivity contribution in [3.63, 3.8) is 0 Å². The van der Waals surface area contributed by atoms with Gasteiger partial charge in [0.2, 0.25) is 0 Å². The van der Waals surface area contributed by atoms with E-state index < -0.39 is 17.7 Å². The van der Waals surface area contributed by atoms with Gasteiger partial charge in [0, 0.05) is 24.1 Å².